The van der Waals surface area contributed by atoms with Gasteiger partial charge in [0.1, 0.15) is 0 Å². The lowest BCUT2D eigenvalue weighted by Gasteiger charge is -2.36. The molecule has 0 saturated carbocycles. The summed E-state index contributed by atoms with van der Waals surface area (Å²) in [5, 5.41) is 0. The third-order valence-corrected chi connectivity index (χ3v) is 4.31. The topological polar surface area (TPSA) is 80.3 Å². The van der Waals surface area contributed by atoms with Crippen LogP contribution >= 0.6 is 0 Å². The number of rotatable bonds is 4. The molecule has 120 valence electrons. The smallest absolute Gasteiger partial charge is 0.346 e. The van der Waals surface area contributed by atoms with Gasteiger partial charge in [-0.2, -0.15) is 0 Å². The lowest BCUT2D eigenvalue weighted by Crippen LogP contribution is -2.52. The van der Waals surface area contributed by atoms with Crippen molar-refractivity contribution in [2.45, 2.75) is 36.9 Å². The van der Waals surface area contributed by atoms with Gasteiger partial charge in [-0.3, -0.25) is 0 Å². The predicted molar refractivity (Wildman–Crippen MR) is 70.7 cm³/mol. The van der Waals surface area contributed by atoms with Crippen LogP contribution in [0.1, 0.15) is 25.7 Å². The molecule has 0 aromatic heterocycles. The van der Waals surface area contributed by atoms with Gasteiger partial charge in [0.2, 0.25) is 0 Å². The van der Waals surface area contributed by atoms with Crippen molar-refractivity contribution in [2.24, 2.45) is 0 Å². The van der Waals surface area contributed by atoms with Crippen LogP contribution in [0.15, 0.2) is 0 Å². The number of carbonyl (C=O) groups is 2. The zero-order valence-electron chi connectivity index (χ0n) is 12.5. The zero-order valence-corrected chi connectivity index (χ0v) is 12.5. The third kappa shape index (κ3) is 3.26. The highest BCUT2D eigenvalue weighted by molar-refractivity contribution is 5.94. The minimum Gasteiger partial charge on any atom is -0.389 e. The third-order valence-electron chi connectivity index (χ3n) is 4.31. The molecule has 0 radical (unpaired) electrons. The number of esters is 2. The Morgan fingerprint density at radius 3 is 1.38 bits per heavy atom. The maximum Gasteiger partial charge on any atom is 0.346 e. The standard InChI is InChI=1S/C14H22O7/c1-17-13(3-7-19-8-4-13)11(15)21-12(16)14(18-2)5-9-20-10-6-14/h3-10H2,1-2H3. The molecular weight excluding hydrogens is 280 g/mol. The molecule has 2 aliphatic rings. The van der Waals surface area contributed by atoms with Gasteiger partial charge in [-0.25, -0.2) is 9.59 Å². The molecule has 0 N–H and O–H groups in total. The van der Waals surface area contributed by atoms with Gasteiger partial charge in [0, 0.05) is 66.3 Å². The van der Waals surface area contributed by atoms with Crippen molar-refractivity contribution in [2.75, 3.05) is 40.6 Å². The molecule has 0 amide bonds. The fraction of sp³-hybridized carbons (Fsp3) is 0.857. The highest BCUT2D eigenvalue weighted by Crippen LogP contribution is 2.30. The molecule has 2 saturated heterocycles. The maximum absolute atomic E-state index is 12.4. The van der Waals surface area contributed by atoms with Crippen LogP contribution in [0.25, 0.3) is 0 Å². The van der Waals surface area contributed by atoms with Crippen LogP contribution in [0, 0.1) is 0 Å². The van der Waals surface area contributed by atoms with Crippen molar-refractivity contribution in [3.8, 4) is 0 Å². The normalized spacial score (nSPS) is 24.3. The van der Waals surface area contributed by atoms with E-state index in [9.17, 15) is 9.59 Å². The van der Waals surface area contributed by atoms with Gasteiger partial charge < -0.3 is 23.7 Å². The lowest BCUT2D eigenvalue weighted by molar-refractivity contribution is -0.199. The van der Waals surface area contributed by atoms with Crippen molar-refractivity contribution in [1.29, 1.82) is 0 Å². The summed E-state index contributed by atoms with van der Waals surface area (Å²) in [6.45, 7) is 1.61. The molecule has 0 bridgehead atoms. The largest absolute Gasteiger partial charge is 0.389 e. The summed E-state index contributed by atoms with van der Waals surface area (Å²) in [6, 6.07) is 0. The summed E-state index contributed by atoms with van der Waals surface area (Å²) >= 11 is 0. The molecule has 0 aromatic carbocycles. The van der Waals surface area contributed by atoms with Crippen molar-refractivity contribution >= 4 is 11.9 Å². The Bertz CT molecular complexity index is 345. The first-order valence-corrected chi connectivity index (χ1v) is 7.11. The van der Waals surface area contributed by atoms with Crippen LogP contribution in [-0.4, -0.2) is 63.8 Å². The SMILES string of the molecule is COC1(C(=O)OC(=O)C2(OC)CCOCC2)CCOCC1. The van der Waals surface area contributed by atoms with E-state index in [4.69, 9.17) is 23.7 Å². The first kappa shape index (κ1) is 16.4. The van der Waals surface area contributed by atoms with E-state index in [1.54, 1.807) is 0 Å². The van der Waals surface area contributed by atoms with Gasteiger partial charge in [-0.15, -0.1) is 0 Å². The van der Waals surface area contributed by atoms with Crippen molar-refractivity contribution < 1.29 is 33.3 Å². The molecule has 0 aliphatic carbocycles. The van der Waals surface area contributed by atoms with E-state index in [1.165, 1.54) is 14.2 Å². The molecule has 2 rings (SSSR count). The van der Waals surface area contributed by atoms with E-state index >= 15 is 0 Å². The molecule has 2 heterocycles. The summed E-state index contributed by atoms with van der Waals surface area (Å²) in [7, 11) is 2.88. The molecule has 0 aromatic rings. The first-order valence-electron chi connectivity index (χ1n) is 7.11. The van der Waals surface area contributed by atoms with Crippen molar-refractivity contribution in [3.63, 3.8) is 0 Å². The van der Waals surface area contributed by atoms with E-state index in [0.717, 1.165) is 0 Å². The summed E-state index contributed by atoms with van der Waals surface area (Å²) in [4.78, 5) is 24.7. The molecular formula is C14H22O7. The molecule has 2 aliphatic heterocycles. The highest BCUT2D eigenvalue weighted by Gasteiger charge is 2.48. The summed E-state index contributed by atoms with van der Waals surface area (Å²) in [6.07, 6.45) is 1.49. The summed E-state index contributed by atoms with van der Waals surface area (Å²) in [5.74, 6) is -1.33. The van der Waals surface area contributed by atoms with E-state index in [1.807, 2.05) is 0 Å². The second-order valence-corrected chi connectivity index (χ2v) is 5.30. The summed E-state index contributed by atoms with van der Waals surface area (Å²) < 4.78 is 26.2. The van der Waals surface area contributed by atoms with Crippen LogP contribution < -0.4 is 0 Å². The predicted octanol–water partition coefficient (Wildman–Crippen LogP) is 0.447. The van der Waals surface area contributed by atoms with E-state index in [0.29, 0.717) is 52.1 Å². The van der Waals surface area contributed by atoms with E-state index in [-0.39, 0.29) is 0 Å². The maximum atomic E-state index is 12.4. The quantitative estimate of drug-likeness (QED) is 0.551. The van der Waals surface area contributed by atoms with Gasteiger partial charge in [0.15, 0.2) is 11.2 Å². The van der Waals surface area contributed by atoms with Gasteiger partial charge in [0.05, 0.1) is 0 Å². The first-order chi connectivity index (χ1) is 10.1. The zero-order chi connectivity index (χ0) is 15.3. The molecule has 7 nitrogen and oxygen atoms in total. The van der Waals surface area contributed by atoms with Crippen LogP contribution in [0.4, 0.5) is 0 Å². The second kappa shape index (κ2) is 6.83. The fourth-order valence-electron chi connectivity index (χ4n) is 2.66. The molecule has 7 heteroatoms. The summed E-state index contributed by atoms with van der Waals surface area (Å²) in [5.41, 5.74) is -2.21. The van der Waals surface area contributed by atoms with Crippen LogP contribution in [0.2, 0.25) is 0 Å². The Morgan fingerprint density at radius 2 is 1.10 bits per heavy atom. The van der Waals surface area contributed by atoms with Crippen molar-refractivity contribution in [3.05, 3.63) is 0 Å². The monoisotopic (exact) mass is 302 g/mol. The Hall–Kier alpha value is -1.02. The second-order valence-electron chi connectivity index (χ2n) is 5.30. The average molecular weight is 302 g/mol. The number of carbonyl (C=O) groups excluding carboxylic acids is 2. The highest BCUT2D eigenvalue weighted by atomic mass is 16.6. The minimum absolute atomic E-state index is 0.374. The van der Waals surface area contributed by atoms with Crippen molar-refractivity contribution in [1.82, 2.24) is 0 Å². The molecule has 0 atom stereocenters. The molecule has 2 fully saturated rings. The number of hydrogen-bond acceptors (Lipinski definition) is 7. The van der Waals surface area contributed by atoms with Crippen LogP contribution in [0.5, 0.6) is 0 Å². The number of methoxy groups -OCH3 is 2. The number of ether oxygens (including phenoxy) is 5. The fourth-order valence-corrected chi connectivity index (χ4v) is 2.66. The van der Waals surface area contributed by atoms with Gasteiger partial charge >= 0.3 is 11.9 Å². The van der Waals surface area contributed by atoms with Gasteiger partial charge in [-0.05, 0) is 0 Å². The van der Waals surface area contributed by atoms with Gasteiger partial charge in [0.25, 0.3) is 0 Å². The van der Waals surface area contributed by atoms with Crippen LogP contribution in [-0.2, 0) is 33.3 Å². The Kier molecular flexibility index (Phi) is 5.32. The van der Waals surface area contributed by atoms with Gasteiger partial charge in [-0.1, -0.05) is 0 Å². The molecule has 0 spiro atoms. The van der Waals surface area contributed by atoms with E-state index < -0.39 is 23.1 Å². The molecule has 21 heavy (non-hydrogen) atoms. The number of hydrogen-bond donors (Lipinski definition) is 0. The lowest BCUT2D eigenvalue weighted by atomic mass is 9.92. The Balaban J connectivity index is 2.05. The minimum atomic E-state index is -1.10. The average Bonchev–Trinajstić information content (AvgIpc) is 2.55. The van der Waals surface area contributed by atoms with Crippen LogP contribution in [0.3, 0.4) is 0 Å². The Morgan fingerprint density at radius 1 is 0.762 bits per heavy atom. The van der Waals surface area contributed by atoms with E-state index in [2.05, 4.69) is 0 Å². The Labute approximate surface area is 123 Å². The molecule has 0 unspecified atom stereocenters.